The molecular formula is C20H26N2O6. The molecule has 0 aliphatic rings. The lowest BCUT2D eigenvalue weighted by atomic mass is 10.2. The molecule has 2 aromatic heterocycles. The number of rotatable bonds is 10. The van der Waals surface area contributed by atoms with Gasteiger partial charge in [0.1, 0.15) is 13.2 Å². The number of carbonyl (C=O) groups is 2. The number of hydrogen-bond acceptors (Lipinski definition) is 8. The molecule has 2 rings (SSSR count). The Balaban J connectivity index is 0.000000892. The van der Waals surface area contributed by atoms with Gasteiger partial charge in [0, 0.05) is 36.6 Å². The first-order chi connectivity index (χ1) is 13.7. The van der Waals surface area contributed by atoms with Crippen molar-refractivity contribution in [2.75, 3.05) is 26.4 Å². The smallest absolute Gasteiger partial charge is 0.306 e. The van der Waals surface area contributed by atoms with Crippen LogP contribution in [0.25, 0.3) is 0 Å². The summed E-state index contributed by atoms with van der Waals surface area (Å²) in [4.78, 5) is 31.4. The van der Waals surface area contributed by atoms with Crippen LogP contribution in [0.4, 0.5) is 0 Å². The second kappa shape index (κ2) is 15.2. The number of aryl methyl sites for hydroxylation is 2. The molecule has 8 heteroatoms. The standard InChI is InChI=1S/C18H20N2O4.C2H6O2/c21-17(9-7-15-5-1-3-11-19-15)23-13-14-24-18(22)10-8-16-6-2-4-12-20-16;3-1-2-4/h1-6,11-12H,7-10,13-14H2;3-4H,1-2H2. The van der Waals surface area contributed by atoms with Gasteiger partial charge in [0.05, 0.1) is 26.1 Å². The fourth-order valence-corrected chi connectivity index (χ4v) is 2.01. The van der Waals surface area contributed by atoms with Crippen molar-refractivity contribution in [2.45, 2.75) is 25.7 Å². The van der Waals surface area contributed by atoms with Gasteiger partial charge < -0.3 is 19.7 Å². The van der Waals surface area contributed by atoms with Gasteiger partial charge in [0.25, 0.3) is 0 Å². The van der Waals surface area contributed by atoms with Crippen LogP contribution in [0, 0.1) is 0 Å². The van der Waals surface area contributed by atoms with Crippen molar-refractivity contribution in [3.63, 3.8) is 0 Å². The molecule has 0 bridgehead atoms. The van der Waals surface area contributed by atoms with Gasteiger partial charge in [-0.3, -0.25) is 19.6 Å². The summed E-state index contributed by atoms with van der Waals surface area (Å²) in [5.41, 5.74) is 1.69. The number of esters is 2. The van der Waals surface area contributed by atoms with Crippen LogP contribution in [0.2, 0.25) is 0 Å². The minimum atomic E-state index is -0.329. The van der Waals surface area contributed by atoms with Crippen LogP contribution in [0.5, 0.6) is 0 Å². The molecule has 0 aromatic carbocycles. The maximum atomic E-state index is 11.6. The molecule has 0 aliphatic carbocycles. The number of nitrogens with zero attached hydrogens (tertiary/aromatic N) is 2. The molecule has 2 heterocycles. The Labute approximate surface area is 164 Å². The molecule has 0 amide bonds. The molecule has 0 atom stereocenters. The van der Waals surface area contributed by atoms with Crippen molar-refractivity contribution in [2.24, 2.45) is 0 Å². The average Bonchev–Trinajstić information content (AvgIpc) is 2.75. The summed E-state index contributed by atoms with van der Waals surface area (Å²) in [6.45, 7) is -0.118. The number of pyridine rings is 2. The van der Waals surface area contributed by atoms with E-state index in [0.29, 0.717) is 12.8 Å². The lowest BCUT2D eigenvalue weighted by Crippen LogP contribution is -2.14. The molecule has 0 radical (unpaired) electrons. The Morgan fingerprint density at radius 2 is 1.18 bits per heavy atom. The van der Waals surface area contributed by atoms with Crippen LogP contribution >= 0.6 is 0 Å². The molecule has 28 heavy (non-hydrogen) atoms. The zero-order chi connectivity index (χ0) is 20.5. The van der Waals surface area contributed by atoms with Crippen molar-refractivity contribution in [1.29, 1.82) is 0 Å². The summed E-state index contributed by atoms with van der Waals surface area (Å²) in [6, 6.07) is 11.1. The number of hydrogen-bond donors (Lipinski definition) is 2. The maximum absolute atomic E-state index is 11.6. The van der Waals surface area contributed by atoms with Gasteiger partial charge in [-0.15, -0.1) is 0 Å². The van der Waals surface area contributed by atoms with Crippen molar-refractivity contribution >= 4 is 11.9 Å². The van der Waals surface area contributed by atoms with Crippen LogP contribution < -0.4 is 0 Å². The van der Waals surface area contributed by atoms with E-state index in [9.17, 15) is 9.59 Å². The van der Waals surface area contributed by atoms with Crippen LogP contribution in [0.1, 0.15) is 24.2 Å². The zero-order valence-corrected chi connectivity index (χ0v) is 15.7. The van der Waals surface area contributed by atoms with Gasteiger partial charge in [0.15, 0.2) is 0 Å². The van der Waals surface area contributed by atoms with Gasteiger partial charge in [-0.05, 0) is 24.3 Å². The molecule has 0 saturated carbocycles. The summed E-state index contributed by atoms with van der Waals surface area (Å²) in [6.07, 6.45) is 4.94. The fraction of sp³-hybridized carbons (Fsp3) is 0.400. The lowest BCUT2D eigenvalue weighted by molar-refractivity contribution is -0.152. The second-order valence-corrected chi connectivity index (χ2v) is 5.53. The largest absolute Gasteiger partial charge is 0.462 e. The number of aromatic nitrogens is 2. The maximum Gasteiger partial charge on any atom is 0.306 e. The first kappa shape index (κ1) is 23.2. The van der Waals surface area contributed by atoms with E-state index in [-0.39, 0.29) is 51.2 Å². The van der Waals surface area contributed by atoms with E-state index in [1.165, 1.54) is 0 Å². The highest BCUT2D eigenvalue weighted by molar-refractivity contribution is 5.70. The van der Waals surface area contributed by atoms with E-state index < -0.39 is 0 Å². The Kier molecular flexibility index (Phi) is 12.6. The van der Waals surface area contributed by atoms with E-state index in [1.54, 1.807) is 12.4 Å². The molecule has 8 nitrogen and oxygen atoms in total. The highest BCUT2D eigenvalue weighted by Crippen LogP contribution is 2.01. The normalized spacial score (nSPS) is 9.79. The summed E-state index contributed by atoms with van der Waals surface area (Å²) in [7, 11) is 0. The highest BCUT2D eigenvalue weighted by atomic mass is 16.6. The number of aliphatic hydroxyl groups excluding tert-OH is 2. The Morgan fingerprint density at radius 3 is 1.50 bits per heavy atom. The average molecular weight is 390 g/mol. The molecule has 0 aliphatic heterocycles. The van der Waals surface area contributed by atoms with Gasteiger partial charge in [-0.2, -0.15) is 0 Å². The fourth-order valence-electron chi connectivity index (χ4n) is 2.01. The van der Waals surface area contributed by atoms with Gasteiger partial charge in [-0.1, -0.05) is 12.1 Å². The van der Waals surface area contributed by atoms with E-state index >= 15 is 0 Å². The predicted molar refractivity (Wildman–Crippen MR) is 101 cm³/mol. The number of carbonyl (C=O) groups excluding carboxylic acids is 2. The van der Waals surface area contributed by atoms with Crippen molar-refractivity contribution < 1.29 is 29.3 Å². The number of aliphatic hydroxyl groups is 2. The molecule has 152 valence electrons. The summed E-state index contributed by atoms with van der Waals surface area (Å²) < 4.78 is 10.0. The third kappa shape index (κ3) is 11.7. The Bertz CT molecular complexity index is 607. The van der Waals surface area contributed by atoms with Crippen LogP contribution in [0.15, 0.2) is 48.8 Å². The summed E-state index contributed by atoms with van der Waals surface area (Å²) >= 11 is 0. The molecule has 2 aromatic rings. The van der Waals surface area contributed by atoms with Gasteiger partial charge in [0.2, 0.25) is 0 Å². The van der Waals surface area contributed by atoms with E-state index in [4.69, 9.17) is 19.7 Å². The molecule has 0 fully saturated rings. The van der Waals surface area contributed by atoms with Gasteiger partial charge in [-0.25, -0.2) is 0 Å². The summed E-state index contributed by atoms with van der Waals surface area (Å²) in [5.74, 6) is -0.657. The van der Waals surface area contributed by atoms with Crippen LogP contribution in [-0.2, 0) is 31.9 Å². The Hall–Kier alpha value is -2.84. The lowest BCUT2D eigenvalue weighted by Gasteiger charge is -2.06. The minimum absolute atomic E-state index is 0.0659. The summed E-state index contributed by atoms with van der Waals surface area (Å²) in [5, 5.41) is 15.2. The predicted octanol–water partition coefficient (Wildman–Crippen LogP) is 1.10. The third-order valence-electron chi connectivity index (χ3n) is 3.33. The SMILES string of the molecule is O=C(CCc1ccccn1)OCCOC(=O)CCc1ccccn1.OCCO. The van der Waals surface area contributed by atoms with Crippen molar-refractivity contribution in [3.8, 4) is 0 Å². The van der Waals surface area contributed by atoms with Gasteiger partial charge >= 0.3 is 11.9 Å². The van der Waals surface area contributed by atoms with Crippen molar-refractivity contribution in [3.05, 3.63) is 60.2 Å². The Morgan fingerprint density at radius 1 is 0.750 bits per heavy atom. The third-order valence-corrected chi connectivity index (χ3v) is 3.33. The van der Waals surface area contributed by atoms with E-state index in [2.05, 4.69) is 9.97 Å². The molecule has 0 unspecified atom stereocenters. The first-order valence-electron chi connectivity index (χ1n) is 8.98. The molecule has 0 saturated heterocycles. The highest BCUT2D eigenvalue weighted by Gasteiger charge is 2.07. The van der Waals surface area contributed by atoms with E-state index in [1.807, 2.05) is 36.4 Å². The van der Waals surface area contributed by atoms with Crippen LogP contribution in [0.3, 0.4) is 0 Å². The topological polar surface area (TPSA) is 119 Å². The quantitative estimate of drug-likeness (QED) is 0.457. The first-order valence-corrected chi connectivity index (χ1v) is 8.98. The molecular weight excluding hydrogens is 364 g/mol. The zero-order valence-electron chi connectivity index (χ0n) is 15.7. The second-order valence-electron chi connectivity index (χ2n) is 5.53. The number of ether oxygens (including phenoxy) is 2. The van der Waals surface area contributed by atoms with Crippen LogP contribution in [-0.4, -0.2) is 58.5 Å². The minimum Gasteiger partial charge on any atom is -0.462 e. The molecule has 2 N–H and O–H groups in total. The van der Waals surface area contributed by atoms with E-state index in [0.717, 1.165) is 11.4 Å². The molecule has 0 spiro atoms. The van der Waals surface area contributed by atoms with Crippen molar-refractivity contribution in [1.82, 2.24) is 9.97 Å². The monoisotopic (exact) mass is 390 g/mol.